The highest BCUT2D eigenvalue weighted by molar-refractivity contribution is 5.70. The van der Waals surface area contributed by atoms with Crippen molar-refractivity contribution in [1.82, 2.24) is 19.7 Å². The van der Waals surface area contributed by atoms with Crippen LogP contribution in [0.15, 0.2) is 122 Å². The number of hydrogen-bond acceptors (Lipinski definition) is 4. The molecule has 0 N–H and O–H groups in total. The van der Waals surface area contributed by atoms with Crippen molar-refractivity contribution in [3.8, 4) is 45.2 Å². The molecule has 0 fully saturated rings. The van der Waals surface area contributed by atoms with Gasteiger partial charge in [-0.3, -0.25) is 0 Å². The average Bonchev–Trinajstić information content (AvgIpc) is 3.56. The van der Waals surface area contributed by atoms with E-state index in [1.165, 1.54) is 16.0 Å². The van der Waals surface area contributed by atoms with Crippen LogP contribution in [0.3, 0.4) is 0 Å². The Bertz CT molecular complexity index is 1680. The third-order valence-corrected chi connectivity index (χ3v) is 6.19. The quantitative estimate of drug-likeness (QED) is 0.227. The Morgan fingerprint density at radius 2 is 1.26 bits per heavy atom. The maximum Gasteiger partial charge on any atom is 0.161 e. The van der Waals surface area contributed by atoms with Gasteiger partial charge in [0.25, 0.3) is 0 Å². The van der Waals surface area contributed by atoms with Gasteiger partial charge in [0.2, 0.25) is 0 Å². The first-order chi connectivity index (χ1) is 18.6. The monoisotopic (exact) mass is 498 g/mol. The summed E-state index contributed by atoms with van der Waals surface area (Å²) >= 11 is 0. The van der Waals surface area contributed by atoms with Crippen molar-refractivity contribution in [3.63, 3.8) is 0 Å². The molecule has 0 aliphatic heterocycles. The number of hydrogen-bond donors (Lipinski definition) is 0. The molecule has 0 spiro atoms. The van der Waals surface area contributed by atoms with E-state index < -0.39 is 0 Å². The van der Waals surface area contributed by atoms with Crippen molar-refractivity contribution in [2.24, 2.45) is 0 Å². The molecule has 0 aliphatic carbocycles. The van der Waals surface area contributed by atoms with E-state index in [2.05, 4.69) is 58.7 Å². The van der Waals surface area contributed by atoms with Crippen molar-refractivity contribution in [1.29, 1.82) is 0 Å². The third kappa shape index (κ3) is 5.06. The molecule has 186 valence electrons. The zero-order chi connectivity index (χ0) is 25.9. The summed E-state index contributed by atoms with van der Waals surface area (Å²) in [5, 5.41) is 8.94. The summed E-state index contributed by atoms with van der Waals surface area (Å²) < 4.78 is 8.01. The molecule has 0 aliphatic rings. The number of nitrogens with zero attached hydrogens (tertiary/aromatic N) is 4. The summed E-state index contributed by atoms with van der Waals surface area (Å²) in [6.45, 7) is 3.88. The van der Waals surface area contributed by atoms with E-state index in [-0.39, 0.29) is 0 Å². The van der Waals surface area contributed by atoms with Crippen LogP contribution in [0.5, 0.6) is 17.2 Å². The highest BCUT2D eigenvalue weighted by atomic mass is 16.7. The Balaban J connectivity index is 1.18. The second-order valence-electron chi connectivity index (χ2n) is 9.08. The fourth-order valence-electron chi connectivity index (χ4n) is 4.32. The zero-order valence-electron chi connectivity index (χ0n) is 21.2. The van der Waals surface area contributed by atoms with Crippen LogP contribution in [0.4, 0.5) is 0 Å². The van der Waals surface area contributed by atoms with Crippen LogP contribution in [-0.4, -0.2) is 19.7 Å². The summed E-state index contributed by atoms with van der Waals surface area (Å²) in [4.78, 5) is 7.40. The van der Waals surface area contributed by atoms with Gasteiger partial charge in [0.15, 0.2) is 5.75 Å². The smallest absolute Gasteiger partial charge is 0.161 e. The van der Waals surface area contributed by atoms with E-state index in [4.69, 9.17) is 9.57 Å². The van der Waals surface area contributed by atoms with Gasteiger partial charge >= 0.3 is 0 Å². The molecule has 0 bridgehead atoms. The van der Waals surface area contributed by atoms with Crippen molar-refractivity contribution in [3.05, 3.63) is 133 Å². The minimum Gasteiger partial charge on any atom is -0.457 e. The lowest BCUT2D eigenvalue weighted by Gasteiger charge is -2.10. The van der Waals surface area contributed by atoms with Crippen LogP contribution < -0.4 is 9.57 Å². The fourth-order valence-corrected chi connectivity index (χ4v) is 4.32. The molecule has 6 heteroatoms. The van der Waals surface area contributed by atoms with Gasteiger partial charge in [-0.1, -0.05) is 71.6 Å². The molecule has 0 radical (unpaired) electrons. The first-order valence-electron chi connectivity index (χ1n) is 12.4. The largest absolute Gasteiger partial charge is 0.457 e. The minimum absolute atomic E-state index is 0.639. The molecule has 2 heterocycles. The summed E-state index contributed by atoms with van der Waals surface area (Å²) in [5.41, 5.74) is 7.29. The summed E-state index contributed by atoms with van der Waals surface area (Å²) in [7, 11) is 0. The maximum absolute atomic E-state index is 6.15. The molecule has 6 nitrogen and oxygen atoms in total. The van der Waals surface area contributed by atoms with E-state index in [0.717, 1.165) is 28.2 Å². The molecule has 6 aromatic rings. The van der Waals surface area contributed by atoms with Crippen LogP contribution in [0.1, 0.15) is 11.4 Å². The highest BCUT2D eigenvalue weighted by Gasteiger charge is 2.08. The van der Waals surface area contributed by atoms with Crippen LogP contribution in [0, 0.1) is 13.8 Å². The molecule has 0 amide bonds. The molecule has 0 atom stereocenters. The lowest BCUT2D eigenvalue weighted by Crippen LogP contribution is -2.08. The first kappa shape index (κ1) is 23.3. The van der Waals surface area contributed by atoms with Gasteiger partial charge in [-0.15, -0.1) is 5.10 Å². The lowest BCUT2D eigenvalue weighted by molar-refractivity contribution is 0.171. The lowest BCUT2D eigenvalue weighted by atomic mass is 10.0. The summed E-state index contributed by atoms with van der Waals surface area (Å²) in [6.07, 6.45) is 3.91. The van der Waals surface area contributed by atoms with Crippen molar-refractivity contribution in [2.45, 2.75) is 13.8 Å². The average molecular weight is 499 g/mol. The van der Waals surface area contributed by atoms with Crippen LogP contribution >= 0.6 is 0 Å². The predicted molar refractivity (Wildman–Crippen MR) is 149 cm³/mol. The molecular formula is C32H26N4O2. The van der Waals surface area contributed by atoms with Gasteiger partial charge in [-0.05, 0) is 60.9 Å². The van der Waals surface area contributed by atoms with Crippen molar-refractivity contribution in [2.75, 3.05) is 0 Å². The summed E-state index contributed by atoms with van der Waals surface area (Å²) in [5.74, 6) is 2.01. The molecule has 38 heavy (non-hydrogen) atoms. The molecule has 0 saturated heterocycles. The van der Waals surface area contributed by atoms with E-state index in [1.807, 2.05) is 91.6 Å². The van der Waals surface area contributed by atoms with E-state index in [0.29, 0.717) is 17.2 Å². The molecule has 0 saturated carbocycles. The van der Waals surface area contributed by atoms with Gasteiger partial charge < -0.3 is 9.57 Å². The fraction of sp³-hybridized carbons (Fsp3) is 0.0625. The molecule has 2 aromatic heterocycles. The van der Waals surface area contributed by atoms with E-state index in [9.17, 15) is 0 Å². The molecule has 6 rings (SSSR count). The standard InChI is InChI=1S/C32H26N4O2/c1-23-18-24(2)36(34-23)38-32-13-7-12-31(20-32)37-30-11-6-10-29(19-30)35-22-28(21-33-35)27-16-14-26(15-17-27)25-8-4-3-5-9-25/h3-22H,1-2H3. The Hall–Kier alpha value is -5.10. The number of aromatic nitrogens is 4. The third-order valence-electron chi connectivity index (χ3n) is 6.19. The first-order valence-corrected chi connectivity index (χ1v) is 12.4. The maximum atomic E-state index is 6.15. The van der Waals surface area contributed by atoms with Gasteiger partial charge in [-0.25, -0.2) is 4.68 Å². The van der Waals surface area contributed by atoms with E-state index >= 15 is 0 Å². The predicted octanol–water partition coefficient (Wildman–Crippen LogP) is 7.65. The number of aryl methyl sites for hydroxylation is 2. The minimum atomic E-state index is 0.639. The van der Waals surface area contributed by atoms with Crippen LogP contribution in [0.25, 0.3) is 27.9 Å². The van der Waals surface area contributed by atoms with E-state index in [1.54, 1.807) is 0 Å². The number of ether oxygens (including phenoxy) is 1. The second kappa shape index (κ2) is 10.1. The Labute approximate surface area is 221 Å². The second-order valence-corrected chi connectivity index (χ2v) is 9.08. The van der Waals surface area contributed by atoms with Crippen molar-refractivity contribution < 1.29 is 9.57 Å². The van der Waals surface area contributed by atoms with Gasteiger partial charge in [0, 0.05) is 23.9 Å². The number of benzene rings is 4. The SMILES string of the molecule is Cc1cc(C)n(Oc2cccc(Oc3cccc(-n4cc(-c5ccc(-c6ccccc6)cc5)cn4)c3)c2)n1. The summed E-state index contributed by atoms with van der Waals surface area (Å²) in [6, 6.07) is 36.2. The Morgan fingerprint density at radius 3 is 2.00 bits per heavy atom. The van der Waals surface area contributed by atoms with Gasteiger partial charge in [-0.2, -0.15) is 5.10 Å². The van der Waals surface area contributed by atoms with Crippen LogP contribution in [-0.2, 0) is 0 Å². The topological polar surface area (TPSA) is 54.1 Å². The highest BCUT2D eigenvalue weighted by Crippen LogP contribution is 2.29. The van der Waals surface area contributed by atoms with Gasteiger partial charge in [0.1, 0.15) is 11.5 Å². The van der Waals surface area contributed by atoms with Gasteiger partial charge in [0.05, 0.1) is 23.3 Å². The molecular weight excluding hydrogens is 472 g/mol. The van der Waals surface area contributed by atoms with Crippen molar-refractivity contribution >= 4 is 0 Å². The van der Waals surface area contributed by atoms with Crippen LogP contribution in [0.2, 0.25) is 0 Å². The zero-order valence-corrected chi connectivity index (χ0v) is 21.2. The molecule has 4 aromatic carbocycles. The molecule has 0 unspecified atom stereocenters. The Kier molecular flexibility index (Phi) is 6.20. The normalized spacial score (nSPS) is 10.9. The number of rotatable bonds is 7. The Morgan fingerprint density at radius 1 is 0.605 bits per heavy atom.